The fraction of sp³-hybridized carbons (Fsp3) is 0.500. The second-order valence-corrected chi connectivity index (χ2v) is 5.98. The number of aryl methyl sites for hydroxylation is 1. The van der Waals surface area contributed by atoms with E-state index in [-0.39, 0.29) is 6.04 Å². The van der Waals surface area contributed by atoms with Crippen molar-refractivity contribution in [1.82, 2.24) is 10.6 Å². The molecule has 3 amide bonds. The predicted octanol–water partition coefficient (Wildman–Crippen LogP) is 2.58. The highest BCUT2D eigenvalue weighted by atomic mass is 35.5. The van der Waals surface area contributed by atoms with Crippen LogP contribution < -0.4 is 10.6 Å². The predicted molar refractivity (Wildman–Crippen MR) is 72.0 cm³/mol. The maximum absolute atomic E-state index is 11.7. The molecule has 2 atom stereocenters. The molecule has 0 fully saturated rings. The molecule has 1 heterocycles. The molecule has 2 rings (SSSR count). The highest BCUT2D eigenvalue weighted by molar-refractivity contribution is 7.10. The Hall–Kier alpha value is -1.07. The molecular formula is C12H15ClN2O2S. The second kappa shape index (κ2) is 5.71. The summed E-state index contributed by atoms with van der Waals surface area (Å²) in [5, 5.41) is 6.38. The van der Waals surface area contributed by atoms with Gasteiger partial charge in [-0.05, 0) is 43.2 Å². The smallest absolute Gasteiger partial charge is 0.321 e. The van der Waals surface area contributed by atoms with Gasteiger partial charge in [0, 0.05) is 4.88 Å². The first-order chi connectivity index (χ1) is 8.58. The molecule has 6 heteroatoms. The van der Waals surface area contributed by atoms with E-state index in [9.17, 15) is 9.59 Å². The van der Waals surface area contributed by atoms with Gasteiger partial charge in [0.15, 0.2) is 0 Å². The maximum atomic E-state index is 11.7. The van der Waals surface area contributed by atoms with Gasteiger partial charge in [-0.2, -0.15) is 0 Å². The Morgan fingerprint density at radius 2 is 2.33 bits per heavy atom. The molecule has 0 saturated heterocycles. The van der Waals surface area contributed by atoms with E-state index in [4.69, 9.17) is 11.6 Å². The normalized spacial score (nSPS) is 19.8. The number of carbonyl (C=O) groups is 2. The van der Waals surface area contributed by atoms with Crippen molar-refractivity contribution in [2.24, 2.45) is 0 Å². The number of urea groups is 1. The molecule has 0 aromatic carbocycles. The summed E-state index contributed by atoms with van der Waals surface area (Å²) in [6, 6.07) is 1.56. The lowest BCUT2D eigenvalue weighted by Gasteiger charge is -2.23. The van der Waals surface area contributed by atoms with Crippen molar-refractivity contribution in [2.75, 3.05) is 0 Å². The van der Waals surface area contributed by atoms with Crippen LogP contribution in [-0.2, 0) is 11.2 Å². The van der Waals surface area contributed by atoms with Crippen LogP contribution in [0.5, 0.6) is 0 Å². The average molecular weight is 287 g/mol. The lowest BCUT2D eigenvalue weighted by atomic mass is 9.94. The van der Waals surface area contributed by atoms with Gasteiger partial charge >= 0.3 is 6.03 Å². The lowest BCUT2D eigenvalue weighted by molar-refractivity contribution is -0.119. The number of alkyl halides is 1. The molecule has 2 unspecified atom stereocenters. The van der Waals surface area contributed by atoms with E-state index in [0.29, 0.717) is 0 Å². The molecule has 98 valence electrons. The van der Waals surface area contributed by atoms with E-state index >= 15 is 0 Å². The quantitative estimate of drug-likeness (QED) is 0.821. The Morgan fingerprint density at radius 1 is 1.56 bits per heavy atom. The van der Waals surface area contributed by atoms with Gasteiger partial charge in [0.25, 0.3) is 0 Å². The minimum absolute atomic E-state index is 0.00145. The van der Waals surface area contributed by atoms with Gasteiger partial charge in [0.05, 0.1) is 6.04 Å². The van der Waals surface area contributed by atoms with Crippen molar-refractivity contribution in [3.8, 4) is 0 Å². The largest absolute Gasteiger partial charge is 0.331 e. The summed E-state index contributed by atoms with van der Waals surface area (Å²) < 4.78 is 0. The van der Waals surface area contributed by atoms with Crippen LogP contribution in [0.15, 0.2) is 11.4 Å². The minimum Gasteiger partial charge on any atom is -0.331 e. The van der Waals surface area contributed by atoms with Gasteiger partial charge in [-0.15, -0.1) is 22.9 Å². The van der Waals surface area contributed by atoms with Gasteiger partial charge in [0.2, 0.25) is 5.91 Å². The third-order valence-corrected chi connectivity index (χ3v) is 4.15. The number of imide groups is 1. The molecule has 1 aromatic heterocycles. The Labute approximate surface area is 115 Å². The van der Waals surface area contributed by atoms with Crippen molar-refractivity contribution in [3.05, 3.63) is 21.9 Å². The highest BCUT2D eigenvalue weighted by Gasteiger charge is 2.23. The van der Waals surface area contributed by atoms with Gasteiger partial charge < -0.3 is 5.32 Å². The van der Waals surface area contributed by atoms with Crippen molar-refractivity contribution in [1.29, 1.82) is 0 Å². The van der Waals surface area contributed by atoms with Crippen molar-refractivity contribution in [2.45, 2.75) is 37.6 Å². The molecule has 1 aromatic rings. The lowest BCUT2D eigenvalue weighted by Crippen LogP contribution is -2.44. The van der Waals surface area contributed by atoms with Crippen LogP contribution in [0.2, 0.25) is 0 Å². The summed E-state index contributed by atoms with van der Waals surface area (Å²) >= 11 is 7.30. The number of hydrogen-bond donors (Lipinski definition) is 2. The Balaban J connectivity index is 1.95. The van der Waals surface area contributed by atoms with Crippen LogP contribution in [-0.4, -0.2) is 17.3 Å². The molecule has 1 aliphatic rings. The van der Waals surface area contributed by atoms with Crippen molar-refractivity contribution >= 4 is 34.9 Å². The Bertz CT molecular complexity index is 459. The second-order valence-electron chi connectivity index (χ2n) is 4.32. The number of fused-ring (bicyclic) bond motifs is 1. The summed E-state index contributed by atoms with van der Waals surface area (Å²) in [4.78, 5) is 24.3. The van der Waals surface area contributed by atoms with E-state index in [1.807, 2.05) is 11.4 Å². The molecule has 2 N–H and O–H groups in total. The number of thiophene rings is 1. The van der Waals surface area contributed by atoms with Gasteiger partial charge in [0.1, 0.15) is 5.38 Å². The van der Waals surface area contributed by atoms with Gasteiger partial charge in [-0.3, -0.25) is 10.1 Å². The standard InChI is InChI=1S/C12H15ClN2O2S/c1-7(13)11(16)15-12(17)14-9-3-2-4-10-8(9)5-6-18-10/h5-7,9H,2-4H2,1H3,(H2,14,15,16,17). The SMILES string of the molecule is CC(Cl)C(=O)NC(=O)NC1CCCc2sccc21. The maximum Gasteiger partial charge on any atom is 0.321 e. The summed E-state index contributed by atoms with van der Waals surface area (Å²) in [5.41, 5.74) is 1.17. The zero-order valence-electron chi connectivity index (χ0n) is 10.0. The fourth-order valence-electron chi connectivity index (χ4n) is 2.04. The first kappa shape index (κ1) is 13.4. The molecule has 0 spiro atoms. The monoisotopic (exact) mass is 286 g/mol. The molecule has 0 saturated carbocycles. The van der Waals surface area contributed by atoms with Crippen LogP contribution in [0, 0.1) is 0 Å². The van der Waals surface area contributed by atoms with E-state index < -0.39 is 17.3 Å². The Morgan fingerprint density at radius 3 is 3.06 bits per heavy atom. The average Bonchev–Trinajstić information content (AvgIpc) is 2.77. The molecule has 0 bridgehead atoms. The van der Waals surface area contributed by atoms with E-state index in [0.717, 1.165) is 19.3 Å². The molecule has 0 aliphatic heterocycles. The summed E-state index contributed by atoms with van der Waals surface area (Å²) in [7, 11) is 0. The van der Waals surface area contributed by atoms with Crippen molar-refractivity contribution in [3.63, 3.8) is 0 Å². The molecule has 1 aliphatic carbocycles. The van der Waals surface area contributed by atoms with Crippen LogP contribution in [0.25, 0.3) is 0 Å². The van der Waals surface area contributed by atoms with Crippen LogP contribution in [0.3, 0.4) is 0 Å². The number of carbonyl (C=O) groups excluding carboxylic acids is 2. The molecule has 18 heavy (non-hydrogen) atoms. The molecular weight excluding hydrogens is 272 g/mol. The van der Waals surface area contributed by atoms with E-state index in [2.05, 4.69) is 10.6 Å². The van der Waals surface area contributed by atoms with Crippen LogP contribution in [0.4, 0.5) is 4.79 Å². The first-order valence-corrected chi connectivity index (χ1v) is 7.21. The van der Waals surface area contributed by atoms with E-state index in [1.165, 1.54) is 17.4 Å². The van der Waals surface area contributed by atoms with Crippen LogP contribution in [0.1, 0.15) is 36.2 Å². The minimum atomic E-state index is -0.709. The summed E-state index contributed by atoms with van der Waals surface area (Å²) in [6.45, 7) is 1.53. The first-order valence-electron chi connectivity index (χ1n) is 5.89. The Kier molecular flexibility index (Phi) is 4.24. The topological polar surface area (TPSA) is 58.2 Å². The third kappa shape index (κ3) is 3.03. The van der Waals surface area contributed by atoms with Gasteiger partial charge in [-0.25, -0.2) is 4.79 Å². The summed E-state index contributed by atoms with van der Waals surface area (Å²) in [5.74, 6) is -0.476. The van der Waals surface area contributed by atoms with Crippen molar-refractivity contribution < 1.29 is 9.59 Å². The molecule has 4 nitrogen and oxygen atoms in total. The number of halogens is 1. The van der Waals surface area contributed by atoms with Crippen LogP contribution >= 0.6 is 22.9 Å². The molecule has 0 radical (unpaired) electrons. The van der Waals surface area contributed by atoms with E-state index in [1.54, 1.807) is 11.3 Å². The number of hydrogen-bond acceptors (Lipinski definition) is 3. The highest BCUT2D eigenvalue weighted by Crippen LogP contribution is 2.33. The third-order valence-electron chi connectivity index (χ3n) is 2.96. The number of nitrogens with one attached hydrogen (secondary N) is 2. The number of rotatable bonds is 2. The zero-order valence-corrected chi connectivity index (χ0v) is 11.6. The zero-order chi connectivity index (χ0) is 13.1. The fourth-order valence-corrected chi connectivity index (χ4v) is 3.08. The summed E-state index contributed by atoms with van der Waals surface area (Å²) in [6.07, 6.45) is 3.03. The number of amides is 3. The van der Waals surface area contributed by atoms with Gasteiger partial charge in [-0.1, -0.05) is 0 Å².